The molecule has 1 aliphatic heterocycles. The second-order valence-electron chi connectivity index (χ2n) is 3.37. The number of halogens is 3. The van der Waals surface area contributed by atoms with Crippen LogP contribution < -0.4 is 4.90 Å². The van der Waals surface area contributed by atoms with Crippen molar-refractivity contribution in [2.45, 2.75) is 12.8 Å². The van der Waals surface area contributed by atoms with E-state index in [0.29, 0.717) is 0 Å². The molecular weight excluding hydrogens is 445 g/mol. The first-order valence-electron chi connectivity index (χ1n) is 4.92. The normalized spacial score (nSPS) is 14.6. The van der Waals surface area contributed by atoms with Gasteiger partial charge in [-0.15, -0.1) is 0 Å². The molecule has 0 aromatic heterocycles. The number of benzene rings is 1. The Morgan fingerprint density at radius 3 is 2.06 bits per heavy atom. The molecule has 1 aliphatic rings. The van der Waals surface area contributed by atoms with Crippen LogP contribution in [-0.4, -0.2) is 13.1 Å². The van der Waals surface area contributed by atoms with Crippen molar-refractivity contribution >= 4 is 24.5 Å². The second kappa shape index (κ2) is 10.1. The van der Waals surface area contributed by atoms with Crippen molar-refractivity contribution in [3.63, 3.8) is 0 Å². The summed E-state index contributed by atoms with van der Waals surface area (Å²) in [5.74, 6) is -0.160. The van der Waals surface area contributed by atoms with Crippen molar-refractivity contribution in [1.82, 2.24) is 0 Å². The minimum absolute atomic E-state index is 0. The van der Waals surface area contributed by atoms with E-state index in [-0.39, 0.29) is 12.0 Å². The molecule has 0 unspecified atom stereocenters. The summed E-state index contributed by atoms with van der Waals surface area (Å²) in [6.45, 7) is 2.12. The van der Waals surface area contributed by atoms with Crippen LogP contribution in [0.15, 0.2) is 24.3 Å². The topological polar surface area (TPSA) is 36.7 Å². The van der Waals surface area contributed by atoms with Gasteiger partial charge >= 0.3 is 35.3 Å². The number of rotatable bonds is 1. The van der Waals surface area contributed by atoms with Crippen molar-refractivity contribution in [2.24, 2.45) is 0 Å². The zero-order valence-corrected chi connectivity index (χ0v) is 13.0. The van der Waals surface area contributed by atoms with Gasteiger partial charge in [-0.2, -0.15) is 12.8 Å². The van der Waals surface area contributed by atoms with Crippen LogP contribution in [0.1, 0.15) is 12.8 Å². The molecule has 100 valence electrons. The van der Waals surface area contributed by atoms with Gasteiger partial charge in [-0.1, -0.05) is 0 Å². The maximum Gasteiger partial charge on any atom is -0.693 e. The molecule has 2 rings (SSSR count). The van der Waals surface area contributed by atoms with E-state index in [2.05, 4.69) is 11.3 Å². The van der Waals surface area contributed by atoms with Gasteiger partial charge in [0.25, 0.3) is 0 Å². The molecule has 1 heterocycles. The molecule has 1 aromatic carbocycles. The van der Waals surface area contributed by atoms with Gasteiger partial charge in [0.05, 0.1) is 0 Å². The number of hydrogen-bond donors (Lipinski definition) is 0. The first-order valence-corrected chi connectivity index (χ1v) is 10.6. The minimum Gasteiger partial charge on any atom is -0.693 e. The van der Waals surface area contributed by atoms with E-state index >= 15 is 0 Å². The number of nitrogens with two attached hydrogens (primary N) is 1. The molecular formula is C11H15Cl2FN2Pt. The first kappa shape index (κ1) is 17.2. The Labute approximate surface area is 118 Å². The third kappa shape index (κ3) is 6.61. The van der Waals surface area contributed by atoms with Gasteiger partial charge in [0.15, 0.2) is 0 Å². The average molecular weight is 460 g/mol. The third-order valence-electron chi connectivity index (χ3n) is 2.40. The Morgan fingerprint density at radius 2 is 1.59 bits per heavy atom. The van der Waals surface area contributed by atoms with Gasteiger partial charge in [-0.25, -0.2) is 4.39 Å². The fourth-order valence-corrected chi connectivity index (χ4v) is 1.66. The molecule has 2 N–H and O–H groups in total. The van der Waals surface area contributed by atoms with Crippen LogP contribution in [0.25, 0.3) is 6.15 Å². The number of piperidine rings is 1. The van der Waals surface area contributed by atoms with Gasteiger partial charge in [-0.3, -0.25) is 0 Å². The third-order valence-corrected chi connectivity index (χ3v) is 2.40. The van der Waals surface area contributed by atoms with Crippen molar-refractivity contribution in [1.29, 1.82) is 0 Å². The van der Waals surface area contributed by atoms with Gasteiger partial charge < -0.3 is 17.5 Å². The van der Waals surface area contributed by atoms with E-state index in [9.17, 15) is 4.39 Å². The summed E-state index contributed by atoms with van der Waals surface area (Å²) in [6.07, 6.45) is 4.58. The summed E-state index contributed by atoms with van der Waals surface area (Å²) < 4.78 is 12.6. The molecule has 6 heteroatoms. The molecule has 1 fully saturated rings. The maximum atomic E-state index is 12.6. The Balaban J connectivity index is 0.000000583. The Hall–Kier alpha value is 0.178. The summed E-state index contributed by atoms with van der Waals surface area (Å²) in [5.41, 5.74) is 1.13. The van der Waals surface area contributed by atoms with Crippen LogP contribution in [0.5, 0.6) is 0 Å². The van der Waals surface area contributed by atoms with E-state index in [1.165, 1.54) is 12.1 Å². The van der Waals surface area contributed by atoms with E-state index in [4.69, 9.17) is 18.8 Å². The molecule has 2 nitrogen and oxygen atoms in total. The van der Waals surface area contributed by atoms with Gasteiger partial charge in [-0.05, 0) is 37.4 Å². The number of nitrogens with zero attached hydrogens (tertiary/aromatic N) is 1. The molecule has 0 bridgehead atoms. The quantitative estimate of drug-likeness (QED) is 0.559. The molecule has 0 aliphatic carbocycles. The SMILES string of the molecule is Fc1ccc(N2CC[CH-]CC2)cc1.[Cl][Pt+2][Cl].[NH2-]. The summed E-state index contributed by atoms with van der Waals surface area (Å²) in [4.78, 5) is 2.29. The smallest absolute Gasteiger partial charge is 0.693 e. The van der Waals surface area contributed by atoms with E-state index in [0.717, 1.165) is 31.6 Å². The Morgan fingerprint density at radius 1 is 1.12 bits per heavy atom. The standard InChI is InChI=1S/C11H13FN.2ClH.H2N.Pt/c12-10-4-6-11(7-5-10)13-8-2-1-3-9-13;;;;/h1,4-7H,2-3,8-9H2;2*1H;1H2;/q-1;;;-1;+4/p-2. The van der Waals surface area contributed by atoms with Crippen molar-refractivity contribution in [3.8, 4) is 0 Å². The van der Waals surface area contributed by atoms with Gasteiger partial charge in [0, 0.05) is 5.69 Å². The maximum absolute atomic E-state index is 12.6. The average Bonchev–Trinajstić information content (AvgIpc) is 2.32. The van der Waals surface area contributed by atoms with Gasteiger partial charge in [0.2, 0.25) is 0 Å². The summed E-state index contributed by atoms with van der Waals surface area (Å²) in [5, 5.41) is 0. The largest absolute Gasteiger partial charge is 0.693 e. The van der Waals surface area contributed by atoms with Crippen molar-refractivity contribution < 1.29 is 20.9 Å². The Bertz CT molecular complexity index is 292. The first-order chi connectivity index (χ1) is 7.77. The predicted octanol–water partition coefficient (Wildman–Crippen LogP) is 4.72. The monoisotopic (exact) mass is 459 g/mol. The predicted molar refractivity (Wildman–Crippen MR) is 69.1 cm³/mol. The fraction of sp³-hybridized carbons (Fsp3) is 0.364. The van der Waals surface area contributed by atoms with E-state index < -0.39 is 16.5 Å². The van der Waals surface area contributed by atoms with Crippen molar-refractivity contribution in [3.05, 3.63) is 42.7 Å². The zero-order valence-electron chi connectivity index (χ0n) is 9.19. The molecule has 0 atom stereocenters. The van der Waals surface area contributed by atoms with Crippen LogP contribution in [0.2, 0.25) is 0 Å². The molecule has 0 saturated carbocycles. The van der Waals surface area contributed by atoms with Crippen LogP contribution in [0, 0.1) is 12.2 Å². The molecule has 1 saturated heterocycles. The molecule has 0 radical (unpaired) electrons. The summed E-state index contributed by atoms with van der Waals surface area (Å²) >= 11 is -0.472. The van der Waals surface area contributed by atoms with Crippen LogP contribution >= 0.6 is 18.8 Å². The van der Waals surface area contributed by atoms with Crippen LogP contribution in [0.3, 0.4) is 0 Å². The van der Waals surface area contributed by atoms with Crippen LogP contribution in [0.4, 0.5) is 10.1 Å². The molecule has 0 spiro atoms. The minimum atomic E-state index is -0.472. The summed E-state index contributed by atoms with van der Waals surface area (Å²) in [6, 6.07) is 6.74. The molecule has 17 heavy (non-hydrogen) atoms. The Kier molecular flexibility index (Phi) is 10.2. The summed E-state index contributed by atoms with van der Waals surface area (Å²) in [7, 11) is 9.75. The molecule has 0 amide bonds. The second-order valence-corrected chi connectivity index (χ2v) is 6.66. The number of anilines is 1. The number of hydrogen-bond acceptors (Lipinski definition) is 1. The van der Waals surface area contributed by atoms with Crippen LogP contribution in [-0.2, 0) is 16.5 Å². The molecule has 1 aromatic rings. The van der Waals surface area contributed by atoms with E-state index in [1.807, 2.05) is 12.1 Å². The fourth-order valence-electron chi connectivity index (χ4n) is 1.66. The van der Waals surface area contributed by atoms with Crippen molar-refractivity contribution in [2.75, 3.05) is 18.0 Å². The van der Waals surface area contributed by atoms with Gasteiger partial charge in [0.1, 0.15) is 5.82 Å². The zero-order chi connectivity index (χ0) is 11.8. The van der Waals surface area contributed by atoms with E-state index in [1.54, 1.807) is 0 Å².